The largest absolute Gasteiger partial charge is 0.206 e. The van der Waals surface area contributed by atoms with Crippen LogP contribution in [0.15, 0.2) is 36.4 Å². The highest BCUT2D eigenvalue weighted by molar-refractivity contribution is 6.31. The van der Waals surface area contributed by atoms with Gasteiger partial charge in [-0.3, -0.25) is 0 Å². The fourth-order valence-electron chi connectivity index (χ4n) is 4.51. The van der Waals surface area contributed by atoms with Crippen LogP contribution in [0.1, 0.15) is 43.6 Å². The average molecular weight is 349 g/mol. The third-order valence-electron chi connectivity index (χ3n) is 5.56. The van der Waals surface area contributed by atoms with Crippen molar-refractivity contribution >= 4 is 23.2 Å². The molecule has 0 heterocycles. The minimum absolute atomic E-state index is 0.283. The summed E-state index contributed by atoms with van der Waals surface area (Å²) in [5, 5.41) is 1.23. The standard InChI is InChI=1S/C20H19Cl2F/c21-16-4-5-17(20(23)11-16)14-3-6-19(22)18(10-14)15-8-12-1-2-13(7-12)9-15/h3-6,10-13,15H,1-2,7-9H2. The molecule has 2 aliphatic carbocycles. The first kappa shape index (κ1) is 15.5. The molecule has 0 aromatic heterocycles. The fourth-order valence-corrected chi connectivity index (χ4v) is 4.94. The summed E-state index contributed by atoms with van der Waals surface area (Å²) in [6.45, 7) is 0. The van der Waals surface area contributed by atoms with E-state index in [1.165, 1.54) is 43.7 Å². The Balaban J connectivity index is 1.71. The van der Waals surface area contributed by atoms with Crippen LogP contribution in [0.4, 0.5) is 4.39 Å². The molecule has 0 radical (unpaired) electrons. The first-order chi connectivity index (χ1) is 11.1. The number of benzene rings is 2. The molecule has 2 aromatic carbocycles. The molecule has 2 aromatic rings. The molecule has 2 aliphatic rings. The van der Waals surface area contributed by atoms with Gasteiger partial charge in [-0.05, 0) is 78.5 Å². The monoisotopic (exact) mass is 348 g/mol. The predicted octanol–water partition coefficient (Wildman–Crippen LogP) is 7.09. The van der Waals surface area contributed by atoms with Crippen molar-refractivity contribution in [3.8, 4) is 11.1 Å². The minimum atomic E-state index is -0.283. The fraction of sp³-hybridized carbons (Fsp3) is 0.400. The highest BCUT2D eigenvalue weighted by Gasteiger charge is 2.35. The summed E-state index contributed by atoms with van der Waals surface area (Å²) >= 11 is 12.3. The molecule has 2 bridgehead atoms. The second kappa shape index (κ2) is 6.11. The maximum absolute atomic E-state index is 14.2. The minimum Gasteiger partial charge on any atom is -0.206 e. The Labute approximate surface area is 146 Å². The van der Waals surface area contributed by atoms with Crippen molar-refractivity contribution in [2.45, 2.75) is 38.0 Å². The van der Waals surface area contributed by atoms with Crippen LogP contribution in [0.2, 0.25) is 10.0 Å². The Hall–Kier alpha value is -1.05. The molecule has 0 nitrogen and oxygen atoms in total. The molecule has 0 spiro atoms. The highest BCUT2D eigenvalue weighted by Crippen LogP contribution is 2.49. The molecule has 0 aliphatic heterocycles. The van der Waals surface area contributed by atoms with Crippen LogP contribution in [0, 0.1) is 17.7 Å². The second-order valence-electron chi connectivity index (χ2n) is 7.07. The molecular formula is C20H19Cl2F. The molecule has 3 heteroatoms. The lowest BCUT2D eigenvalue weighted by molar-refractivity contribution is 0.320. The Morgan fingerprint density at radius 1 is 0.870 bits per heavy atom. The van der Waals surface area contributed by atoms with Gasteiger partial charge in [-0.2, -0.15) is 0 Å². The summed E-state index contributed by atoms with van der Waals surface area (Å²) in [6, 6.07) is 10.7. The lowest BCUT2D eigenvalue weighted by Gasteiger charge is -2.29. The van der Waals surface area contributed by atoms with Crippen molar-refractivity contribution in [1.82, 2.24) is 0 Å². The van der Waals surface area contributed by atoms with Crippen molar-refractivity contribution in [1.29, 1.82) is 0 Å². The van der Waals surface area contributed by atoms with Gasteiger partial charge in [0.1, 0.15) is 5.82 Å². The van der Waals surface area contributed by atoms with Gasteiger partial charge in [-0.15, -0.1) is 0 Å². The molecule has 23 heavy (non-hydrogen) atoms. The van der Waals surface area contributed by atoms with E-state index in [4.69, 9.17) is 23.2 Å². The molecule has 0 N–H and O–H groups in total. The maximum Gasteiger partial charge on any atom is 0.132 e. The molecule has 0 saturated heterocycles. The van der Waals surface area contributed by atoms with Crippen molar-refractivity contribution in [3.05, 3.63) is 57.8 Å². The van der Waals surface area contributed by atoms with Crippen molar-refractivity contribution in [3.63, 3.8) is 0 Å². The molecule has 120 valence electrons. The number of hydrogen-bond acceptors (Lipinski definition) is 0. The van der Waals surface area contributed by atoms with E-state index in [1.54, 1.807) is 12.1 Å². The van der Waals surface area contributed by atoms with Crippen LogP contribution < -0.4 is 0 Å². The summed E-state index contributed by atoms with van der Waals surface area (Å²) in [5.74, 6) is 1.94. The van der Waals surface area contributed by atoms with Gasteiger partial charge in [-0.25, -0.2) is 4.39 Å². The topological polar surface area (TPSA) is 0 Å². The van der Waals surface area contributed by atoms with Crippen molar-refractivity contribution in [2.75, 3.05) is 0 Å². The van der Waals surface area contributed by atoms with Crippen LogP contribution >= 0.6 is 23.2 Å². The molecule has 4 rings (SSSR count). The molecular weight excluding hydrogens is 330 g/mol. The smallest absolute Gasteiger partial charge is 0.132 e. The van der Waals surface area contributed by atoms with E-state index < -0.39 is 0 Å². The van der Waals surface area contributed by atoms with E-state index in [-0.39, 0.29) is 5.82 Å². The Bertz CT molecular complexity index is 728. The first-order valence-electron chi connectivity index (χ1n) is 8.35. The third-order valence-corrected chi connectivity index (χ3v) is 6.14. The Kier molecular flexibility index (Phi) is 4.11. The molecule has 0 amide bonds. The molecule has 2 saturated carbocycles. The lowest BCUT2D eigenvalue weighted by Crippen LogP contribution is -2.14. The quantitative estimate of drug-likeness (QED) is 0.543. The summed E-state index contributed by atoms with van der Waals surface area (Å²) in [4.78, 5) is 0. The number of halogens is 3. The van der Waals surface area contributed by atoms with Gasteiger partial charge in [-0.1, -0.05) is 42.1 Å². The Morgan fingerprint density at radius 3 is 2.30 bits per heavy atom. The van der Waals surface area contributed by atoms with Gasteiger partial charge in [0, 0.05) is 15.6 Å². The lowest BCUT2D eigenvalue weighted by atomic mass is 9.77. The second-order valence-corrected chi connectivity index (χ2v) is 7.92. The van der Waals surface area contributed by atoms with Crippen LogP contribution in [0.3, 0.4) is 0 Å². The van der Waals surface area contributed by atoms with E-state index in [0.717, 1.165) is 22.4 Å². The van der Waals surface area contributed by atoms with Crippen LogP contribution in [-0.2, 0) is 0 Å². The number of hydrogen-bond donors (Lipinski definition) is 0. The van der Waals surface area contributed by atoms with E-state index in [1.807, 2.05) is 12.1 Å². The third kappa shape index (κ3) is 3.02. The average Bonchev–Trinajstić information content (AvgIpc) is 2.86. The van der Waals surface area contributed by atoms with Crippen LogP contribution in [0.25, 0.3) is 11.1 Å². The van der Waals surface area contributed by atoms with Crippen LogP contribution in [-0.4, -0.2) is 0 Å². The van der Waals surface area contributed by atoms with Crippen molar-refractivity contribution in [2.24, 2.45) is 11.8 Å². The van der Waals surface area contributed by atoms with Gasteiger partial charge in [0.15, 0.2) is 0 Å². The maximum atomic E-state index is 14.2. The molecule has 2 fully saturated rings. The van der Waals surface area contributed by atoms with E-state index >= 15 is 0 Å². The summed E-state index contributed by atoms with van der Waals surface area (Å²) < 4.78 is 14.2. The van der Waals surface area contributed by atoms with Gasteiger partial charge in [0.25, 0.3) is 0 Å². The van der Waals surface area contributed by atoms with Gasteiger partial charge in [0.2, 0.25) is 0 Å². The van der Waals surface area contributed by atoms with E-state index in [0.29, 0.717) is 16.5 Å². The normalized spacial score (nSPS) is 26.5. The van der Waals surface area contributed by atoms with Crippen molar-refractivity contribution < 1.29 is 4.39 Å². The summed E-state index contributed by atoms with van der Waals surface area (Å²) in [6.07, 6.45) is 6.57. The summed E-state index contributed by atoms with van der Waals surface area (Å²) in [7, 11) is 0. The zero-order valence-corrected chi connectivity index (χ0v) is 14.4. The Morgan fingerprint density at radius 2 is 1.61 bits per heavy atom. The zero-order chi connectivity index (χ0) is 16.0. The first-order valence-corrected chi connectivity index (χ1v) is 9.10. The van der Waals surface area contributed by atoms with Gasteiger partial charge in [0.05, 0.1) is 0 Å². The van der Waals surface area contributed by atoms with Gasteiger partial charge < -0.3 is 0 Å². The zero-order valence-electron chi connectivity index (χ0n) is 12.9. The summed E-state index contributed by atoms with van der Waals surface area (Å²) in [5.41, 5.74) is 2.66. The molecule has 2 atom stereocenters. The highest BCUT2D eigenvalue weighted by atomic mass is 35.5. The molecule has 2 unspecified atom stereocenters. The van der Waals surface area contributed by atoms with Gasteiger partial charge >= 0.3 is 0 Å². The van der Waals surface area contributed by atoms with Crippen LogP contribution in [0.5, 0.6) is 0 Å². The SMILES string of the molecule is Fc1cc(Cl)ccc1-c1ccc(Cl)c(C2CC3CCC(C3)C2)c1. The predicted molar refractivity (Wildman–Crippen MR) is 94.7 cm³/mol. The number of fused-ring (bicyclic) bond motifs is 2. The van der Waals surface area contributed by atoms with E-state index in [9.17, 15) is 4.39 Å². The number of rotatable bonds is 2. The van der Waals surface area contributed by atoms with E-state index in [2.05, 4.69) is 6.07 Å².